The van der Waals surface area contributed by atoms with Gasteiger partial charge in [0.25, 0.3) is 0 Å². The topological polar surface area (TPSA) is 79.3 Å². The van der Waals surface area contributed by atoms with E-state index in [4.69, 9.17) is 0 Å². The molecule has 7 nitrogen and oxygen atoms in total. The summed E-state index contributed by atoms with van der Waals surface area (Å²) in [6.45, 7) is 5.33. The number of carbonyl (C=O) groups excluding carboxylic acids is 2. The number of aromatic nitrogens is 2. The smallest absolute Gasteiger partial charge is 0.318 e. The number of nitrogens with one attached hydrogen (secondary N) is 2. The van der Waals surface area contributed by atoms with Gasteiger partial charge in [-0.3, -0.25) is 4.79 Å². The second kappa shape index (κ2) is 7.38. The lowest BCUT2D eigenvalue weighted by Gasteiger charge is -2.34. The molecule has 0 bridgehead atoms. The van der Waals surface area contributed by atoms with Crippen LogP contribution in [0.5, 0.6) is 0 Å². The molecule has 3 amide bonds. The first kappa shape index (κ1) is 17.0. The van der Waals surface area contributed by atoms with Crippen molar-refractivity contribution >= 4 is 11.9 Å². The van der Waals surface area contributed by atoms with Crippen molar-refractivity contribution < 1.29 is 9.59 Å². The maximum Gasteiger partial charge on any atom is 0.318 e. The van der Waals surface area contributed by atoms with Crippen LogP contribution in [0.1, 0.15) is 24.5 Å². The third-order valence-electron chi connectivity index (χ3n) is 4.32. The Bertz CT molecular complexity index is 770. The van der Waals surface area contributed by atoms with Crippen LogP contribution in [0.2, 0.25) is 0 Å². The molecule has 1 atom stereocenters. The Kier molecular flexibility index (Phi) is 5.02. The van der Waals surface area contributed by atoms with E-state index < -0.39 is 6.04 Å². The second-order valence-electron chi connectivity index (χ2n) is 6.20. The lowest BCUT2D eigenvalue weighted by molar-refractivity contribution is -0.127. The van der Waals surface area contributed by atoms with Crippen molar-refractivity contribution in [3.8, 4) is 5.69 Å². The summed E-state index contributed by atoms with van der Waals surface area (Å²) in [7, 11) is 0. The number of benzene rings is 1. The maximum atomic E-state index is 12.4. The van der Waals surface area contributed by atoms with Gasteiger partial charge in [-0.15, -0.1) is 0 Å². The van der Waals surface area contributed by atoms with Crippen LogP contribution in [-0.2, 0) is 11.3 Å². The highest BCUT2D eigenvalue weighted by atomic mass is 16.2. The van der Waals surface area contributed by atoms with Crippen molar-refractivity contribution in [1.82, 2.24) is 25.3 Å². The van der Waals surface area contributed by atoms with Crippen LogP contribution in [0, 0.1) is 6.92 Å². The lowest BCUT2D eigenvalue weighted by atomic mass is 10.1. The highest BCUT2D eigenvalue weighted by molar-refractivity contribution is 5.88. The molecule has 0 radical (unpaired) electrons. The first-order chi connectivity index (χ1) is 12.1. The van der Waals surface area contributed by atoms with E-state index in [1.54, 1.807) is 15.8 Å². The summed E-state index contributed by atoms with van der Waals surface area (Å²) in [6.07, 6.45) is 4.24. The number of nitrogens with zero attached hydrogens (tertiary/aromatic N) is 3. The normalized spacial score (nSPS) is 17.3. The molecular formula is C18H23N5O2. The number of amides is 3. The predicted molar refractivity (Wildman–Crippen MR) is 94.3 cm³/mol. The number of hydrogen-bond donors (Lipinski definition) is 2. The summed E-state index contributed by atoms with van der Waals surface area (Å²) in [4.78, 5) is 25.9. The lowest BCUT2D eigenvalue weighted by Crippen LogP contribution is -2.59. The van der Waals surface area contributed by atoms with Crippen LogP contribution in [0.25, 0.3) is 5.69 Å². The SMILES string of the molecule is CC[C@@H]1C(=O)NCCN1C(=O)NCc1cnn(-c2cccc(C)c2)c1. The average molecular weight is 341 g/mol. The second-order valence-corrected chi connectivity index (χ2v) is 6.20. The van der Waals surface area contributed by atoms with Gasteiger partial charge in [0.2, 0.25) is 5.91 Å². The molecule has 2 heterocycles. The van der Waals surface area contributed by atoms with Crippen molar-refractivity contribution in [2.45, 2.75) is 32.9 Å². The summed E-state index contributed by atoms with van der Waals surface area (Å²) in [5, 5.41) is 10.0. The summed E-state index contributed by atoms with van der Waals surface area (Å²) in [5.41, 5.74) is 3.05. The van der Waals surface area contributed by atoms with Crippen LogP contribution in [0.15, 0.2) is 36.7 Å². The molecule has 1 aliphatic rings. The van der Waals surface area contributed by atoms with E-state index >= 15 is 0 Å². The largest absolute Gasteiger partial charge is 0.353 e. The molecule has 1 aliphatic heterocycles. The molecule has 0 aliphatic carbocycles. The van der Waals surface area contributed by atoms with Crippen molar-refractivity contribution in [2.75, 3.05) is 13.1 Å². The number of urea groups is 1. The van der Waals surface area contributed by atoms with Gasteiger partial charge >= 0.3 is 6.03 Å². The fraction of sp³-hybridized carbons (Fsp3) is 0.389. The van der Waals surface area contributed by atoms with E-state index in [0.29, 0.717) is 26.1 Å². The molecule has 132 valence electrons. The average Bonchev–Trinajstić information content (AvgIpc) is 3.08. The van der Waals surface area contributed by atoms with Crippen LogP contribution in [-0.4, -0.2) is 45.8 Å². The van der Waals surface area contributed by atoms with Gasteiger partial charge in [-0.1, -0.05) is 19.1 Å². The van der Waals surface area contributed by atoms with Gasteiger partial charge in [-0.2, -0.15) is 5.10 Å². The Morgan fingerprint density at radius 1 is 1.44 bits per heavy atom. The molecule has 1 aromatic carbocycles. The number of carbonyl (C=O) groups is 2. The van der Waals surface area contributed by atoms with Crippen LogP contribution >= 0.6 is 0 Å². The van der Waals surface area contributed by atoms with Crippen molar-refractivity contribution in [2.24, 2.45) is 0 Å². The minimum Gasteiger partial charge on any atom is -0.353 e. The van der Waals surface area contributed by atoms with Crippen LogP contribution in [0.3, 0.4) is 0 Å². The Labute approximate surface area is 147 Å². The first-order valence-electron chi connectivity index (χ1n) is 8.51. The number of hydrogen-bond acceptors (Lipinski definition) is 3. The molecular weight excluding hydrogens is 318 g/mol. The highest BCUT2D eigenvalue weighted by Crippen LogP contribution is 2.11. The van der Waals surface area contributed by atoms with Gasteiger partial charge in [0.15, 0.2) is 0 Å². The third-order valence-corrected chi connectivity index (χ3v) is 4.32. The maximum absolute atomic E-state index is 12.4. The zero-order valence-electron chi connectivity index (χ0n) is 14.5. The molecule has 2 N–H and O–H groups in total. The van der Waals surface area contributed by atoms with Crippen LogP contribution in [0.4, 0.5) is 4.79 Å². The fourth-order valence-electron chi connectivity index (χ4n) is 3.01. The van der Waals surface area contributed by atoms with Crippen molar-refractivity contribution in [1.29, 1.82) is 0 Å². The van der Waals surface area contributed by atoms with Gasteiger partial charge in [0.05, 0.1) is 11.9 Å². The van der Waals surface area contributed by atoms with E-state index in [1.165, 1.54) is 0 Å². The van der Waals surface area contributed by atoms with E-state index in [0.717, 1.165) is 16.8 Å². The molecule has 1 aromatic heterocycles. The van der Waals surface area contributed by atoms with E-state index in [-0.39, 0.29) is 11.9 Å². The highest BCUT2D eigenvalue weighted by Gasteiger charge is 2.31. The molecule has 0 saturated carbocycles. The van der Waals surface area contributed by atoms with Crippen molar-refractivity contribution in [3.05, 3.63) is 47.8 Å². The minimum atomic E-state index is -0.399. The summed E-state index contributed by atoms with van der Waals surface area (Å²) in [6, 6.07) is 7.44. The molecule has 3 rings (SSSR count). The monoisotopic (exact) mass is 341 g/mol. The molecule has 0 spiro atoms. The van der Waals surface area contributed by atoms with Crippen molar-refractivity contribution in [3.63, 3.8) is 0 Å². The molecule has 1 saturated heterocycles. The molecule has 7 heteroatoms. The predicted octanol–water partition coefficient (Wildman–Crippen LogP) is 1.60. The molecule has 2 aromatic rings. The Morgan fingerprint density at radius 3 is 3.04 bits per heavy atom. The first-order valence-corrected chi connectivity index (χ1v) is 8.51. The zero-order valence-corrected chi connectivity index (χ0v) is 14.5. The van der Waals surface area contributed by atoms with Gasteiger partial charge in [0.1, 0.15) is 6.04 Å². The summed E-state index contributed by atoms with van der Waals surface area (Å²) in [5.74, 6) is -0.0869. The quantitative estimate of drug-likeness (QED) is 0.886. The number of aryl methyl sites for hydroxylation is 1. The van der Waals surface area contributed by atoms with Gasteiger partial charge in [-0.25, -0.2) is 9.48 Å². The Morgan fingerprint density at radius 2 is 2.28 bits per heavy atom. The summed E-state index contributed by atoms with van der Waals surface area (Å²) < 4.78 is 1.79. The summed E-state index contributed by atoms with van der Waals surface area (Å²) >= 11 is 0. The zero-order chi connectivity index (χ0) is 17.8. The number of piperazine rings is 1. The third kappa shape index (κ3) is 3.81. The van der Waals surface area contributed by atoms with E-state index in [1.807, 2.05) is 44.3 Å². The standard InChI is InChI=1S/C18H23N5O2/c1-3-16-17(24)19-7-8-22(16)18(25)20-10-14-11-21-23(12-14)15-6-4-5-13(2)9-15/h4-6,9,11-12,16H,3,7-8,10H2,1-2H3,(H,19,24)(H,20,25)/t16-/m1/s1. The van der Waals surface area contributed by atoms with Crippen LogP contribution < -0.4 is 10.6 Å². The van der Waals surface area contributed by atoms with E-state index in [9.17, 15) is 9.59 Å². The molecule has 0 unspecified atom stereocenters. The van der Waals surface area contributed by atoms with E-state index in [2.05, 4.69) is 15.7 Å². The minimum absolute atomic E-state index is 0.0869. The molecule has 25 heavy (non-hydrogen) atoms. The Hall–Kier alpha value is -2.83. The van der Waals surface area contributed by atoms with Gasteiger partial charge in [-0.05, 0) is 31.0 Å². The number of rotatable bonds is 4. The van der Waals surface area contributed by atoms with Gasteiger partial charge < -0.3 is 15.5 Å². The molecule has 1 fully saturated rings. The Balaban J connectivity index is 1.62. The fourth-order valence-corrected chi connectivity index (χ4v) is 3.01. The van der Waals surface area contributed by atoms with Gasteiger partial charge in [0, 0.05) is 31.4 Å².